The fourth-order valence-corrected chi connectivity index (χ4v) is 8.79. The lowest BCUT2D eigenvalue weighted by Gasteiger charge is -2.44. The molecule has 3 fully saturated rings. The first kappa shape index (κ1) is 41.4. The van der Waals surface area contributed by atoms with Crippen LogP contribution in [-0.4, -0.2) is 43.0 Å². The number of carbonyl (C=O) groups is 4. The molecule has 0 bridgehead atoms. The van der Waals surface area contributed by atoms with Crippen molar-refractivity contribution in [3.05, 3.63) is 88.0 Å². The van der Waals surface area contributed by atoms with Crippen LogP contribution in [0.4, 0.5) is 64.1 Å². The van der Waals surface area contributed by atoms with Gasteiger partial charge in [-0.05, 0) is 55.2 Å². The van der Waals surface area contributed by atoms with Crippen molar-refractivity contribution in [1.29, 1.82) is 0 Å². The summed E-state index contributed by atoms with van der Waals surface area (Å²) in [4.78, 5) is 57.3. The summed E-state index contributed by atoms with van der Waals surface area (Å²) in [5, 5.41) is 10.4. The lowest BCUT2D eigenvalue weighted by Crippen LogP contribution is -2.43. The molecule has 3 aromatic carbocycles. The number of phenols is 1. The highest BCUT2D eigenvalue weighted by atomic mass is 19.4. The highest BCUT2D eigenvalue weighted by Crippen LogP contribution is 2.61. The van der Waals surface area contributed by atoms with Crippen molar-refractivity contribution in [3.8, 4) is 17.2 Å². The fraction of sp³-hybridized carbons (Fsp3) is 0.368. The van der Waals surface area contributed by atoms with Gasteiger partial charge in [-0.3, -0.25) is 19.2 Å². The van der Waals surface area contributed by atoms with Gasteiger partial charge in [-0.2, -0.15) is 52.7 Å². The summed E-state index contributed by atoms with van der Waals surface area (Å²) in [6.07, 6.45) is -21.1. The first-order valence-electron chi connectivity index (χ1n) is 17.3. The number of rotatable bonds is 5. The number of imide groups is 2. The predicted octanol–water partition coefficient (Wildman–Crippen LogP) is 8.53. The van der Waals surface area contributed by atoms with E-state index in [0.29, 0.717) is 0 Å². The van der Waals surface area contributed by atoms with Crippen LogP contribution >= 0.6 is 0 Å². The average molecular weight is 851 g/mol. The first-order chi connectivity index (χ1) is 27.3. The minimum atomic E-state index is -5.39. The molecule has 4 aliphatic rings. The van der Waals surface area contributed by atoms with Gasteiger partial charge in [0.15, 0.2) is 0 Å². The van der Waals surface area contributed by atoms with Crippen LogP contribution in [0.25, 0.3) is 0 Å². The highest BCUT2D eigenvalue weighted by molar-refractivity contribution is 6.24. The maximum absolute atomic E-state index is 14.5. The lowest BCUT2D eigenvalue weighted by atomic mass is 9.57. The molecule has 21 heteroatoms. The van der Waals surface area contributed by atoms with E-state index < -0.39 is 136 Å². The van der Waals surface area contributed by atoms with Crippen molar-refractivity contribution in [3.63, 3.8) is 0 Å². The smallest absolute Gasteiger partial charge is 0.416 e. The molecule has 0 spiro atoms. The molecule has 0 aromatic heterocycles. The van der Waals surface area contributed by atoms with Gasteiger partial charge in [0.2, 0.25) is 23.6 Å². The van der Waals surface area contributed by atoms with Gasteiger partial charge in [0.25, 0.3) is 0 Å². The van der Waals surface area contributed by atoms with Gasteiger partial charge < -0.3 is 14.6 Å². The number of phenolic OH excluding ortho intramolecular Hbond substituents is 1. The molecule has 2 heterocycles. The molecule has 1 N–H and O–H groups in total. The fourth-order valence-electron chi connectivity index (χ4n) is 8.79. The second kappa shape index (κ2) is 13.7. The number of allylic oxidation sites excluding steroid dienone is 2. The monoisotopic (exact) mass is 850 g/mol. The zero-order valence-electron chi connectivity index (χ0n) is 29.9. The zero-order chi connectivity index (χ0) is 43.5. The van der Waals surface area contributed by atoms with Crippen LogP contribution in [-0.2, 0) is 43.9 Å². The summed E-state index contributed by atoms with van der Waals surface area (Å²) < 4.78 is 177. The first-order valence-corrected chi connectivity index (χ1v) is 17.3. The minimum Gasteiger partial charge on any atom is -0.508 e. The quantitative estimate of drug-likeness (QED) is 0.156. The number of anilines is 2. The van der Waals surface area contributed by atoms with Gasteiger partial charge in [0.1, 0.15) is 17.2 Å². The predicted molar refractivity (Wildman–Crippen MR) is 177 cm³/mol. The third-order valence-electron chi connectivity index (χ3n) is 11.1. The molecule has 0 radical (unpaired) electrons. The Labute approximate surface area is 323 Å². The Morgan fingerprint density at radius 1 is 0.542 bits per heavy atom. The van der Waals surface area contributed by atoms with E-state index in [0.717, 1.165) is 26.4 Å². The molecule has 0 unspecified atom stereocenters. The Morgan fingerprint density at radius 2 is 0.932 bits per heavy atom. The summed E-state index contributed by atoms with van der Waals surface area (Å²) >= 11 is 0. The van der Waals surface area contributed by atoms with Crippen LogP contribution < -0.4 is 19.3 Å². The Hall–Kier alpha value is -5.76. The van der Waals surface area contributed by atoms with Crippen LogP contribution in [0.5, 0.6) is 17.2 Å². The number of benzene rings is 3. The highest BCUT2D eigenvalue weighted by Gasteiger charge is 2.63. The third kappa shape index (κ3) is 6.80. The molecule has 2 aliphatic heterocycles. The van der Waals surface area contributed by atoms with Gasteiger partial charge in [-0.1, -0.05) is 11.6 Å². The summed E-state index contributed by atoms with van der Waals surface area (Å²) in [5.74, 6) is -15.1. The van der Waals surface area contributed by atoms with E-state index in [-0.39, 0.29) is 68.8 Å². The molecule has 59 heavy (non-hydrogen) atoms. The summed E-state index contributed by atoms with van der Waals surface area (Å²) in [7, 11) is 2.24. The summed E-state index contributed by atoms with van der Waals surface area (Å²) in [5.41, 5.74) is -9.51. The molecule has 2 saturated heterocycles. The summed E-state index contributed by atoms with van der Waals surface area (Å²) in [6.45, 7) is 0. The standard InChI is InChI=1S/C38H26F12N2O7/c1-58-25-11-20(53)12-26(59-2)30(25)28-21-3-4-22-27(33(56)51(31(22)54)18-7-14(35(39,40)41)5-15(8-18)36(42,43)44)23(21)13-24-29(28)34(57)52(32(24)55)19-9-16(37(45,46)47)6-17(10-19)38(48,49)50/h3,5-12,22-24,27-29,53H,4,13H2,1-2H3/t22-,23+,24+,27-,28-,29+/m0/s1. The van der Waals surface area contributed by atoms with Crippen molar-refractivity contribution in [2.24, 2.45) is 29.6 Å². The zero-order valence-corrected chi connectivity index (χ0v) is 29.9. The number of amides is 4. The summed E-state index contributed by atoms with van der Waals surface area (Å²) in [6, 6.07) is 2.40. The second-order valence-corrected chi connectivity index (χ2v) is 14.3. The van der Waals surface area contributed by atoms with Crippen LogP contribution in [0.15, 0.2) is 60.2 Å². The average Bonchev–Trinajstić information content (AvgIpc) is 3.55. The molecular formula is C38H26F12N2O7. The maximum Gasteiger partial charge on any atom is 0.416 e. The number of halogens is 12. The van der Waals surface area contributed by atoms with Crippen molar-refractivity contribution >= 4 is 35.0 Å². The Balaban J connectivity index is 1.40. The molecule has 314 valence electrons. The van der Waals surface area contributed by atoms with Gasteiger partial charge in [0.05, 0.1) is 71.5 Å². The minimum absolute atomic E-state index is 0.0819. The number of nitrogens with zero attached hydrogens (tertiary/aromatic N) is 2. The van der Waals surface area contributed by atoms with E-state index in [1.54, 1.807) is 0 Å². The van der Waals surface area contributed by atoms with E-state index in [1.165, 1.54) is 6.08 Å². The maximum atomic E-state index is 14.5. The third-order valence-corrected chi connectivity index (χ3v) is 11.1. The topological polar surface area (TPSA) is 113 Å². The molecule has 2 aliphatic carbocycles. The van der Waals surface area contributed by atoms with E-state index in [9.17, 15) is 77.0 Å². The molecule has 4 amide bonds. The van der Waals surface area contributed by atoms with E-state index in [1.807, 2.05) is 0 Å². The second-order valence-electron chi connectivity index (χ2n) is 14.3. The normalized spacial score (nSPS) is 24.9. The number of fused-ring (bicyclic) bond motifs is 4. The van der Waals surface area contributed by atoms with Crippen LogP contribution in [0, 0.1) is 29.6 Å². The molecule has 9 nitrogen and oxygen atoms in total. The number of methoxy groups -OCH3 is 2. The number of hydrogen-bond donors (Lipinski definition) is 1. The number of hydrogen-bond acceptors (Lipinski definition) is 7. The number of ether oxygens (including phenoxy) is 2. The van der Waals surface area contributed by atoms with Gasteiger partial charge in [0, 0.05) is 23.6 Å². The number of carbonyl (C=O) groups excluding carboxylic acids is 4. The molecular weight excluding hydrogens is 824 g/mol. The lowest BCUT2D eigenvalue weighted by molar-refractivity contribution is -0.144. The molecule has 7 rings (SSSR count). The van der Waals surface area contributed by atoms with Gasteiger partial charge >= 0.3 is 24.7 Å². The Bertz CT molecular complexity index is 2240. The molecule has 1 saturated carbocycles. The van der Waals surface area contributed by atoms with Gasteiger partial charge in [-0.15, -0.1) is 0 Å². The number of aromatic hydroxyl groups is 1. The van der Waals surface area contributed by atoms with Crippen molar-refractivity contribution in [2.75, 3.05) is 24.0 Å². The van der Waals surface area contributed by atoms with E-state index in [2.05, 4.69) is 0 Å². The van der Waals surface area contributed by atoms with E-state index >= 15 is 0 Å². The van der Waals surface area contributed by atoms with E-state index in [4.69, 9.17) is 9.47 Å². The van der Waals surface area contributed by atoms with Crippen LogP contribution in [0.1, 0.15) is 46.6 Å². The van der Waals surface area contributed by atoms with Crippen LogP contribution in [0.3, 0.4) is 0 Å². The van der Waals surface area contributed by atoms with Crippen molar-refractivity contribution in [2.45, 2.75) is 43.5 Å². The van der Waals surface area contributed by atoms with Crippen molar-refractivity contribution in [1.82, 2.24) is 0 Å². The Kier molecular flexibility index (Phi) is 9.58. The SMILES string of the molecule is COc1cc(O)cc(OC)c1[C@H]1C2=CC[C@@H]3C(=O)N(c4cc(C(F)(F)F)cc(C(F)(F)F)c4)C(=O)[C@@H]3[C@@H]2C[C@H]2C(=O)N(c3cc(C(F)(F)F)cc(C(F)(F)F)c3)C(=O)[C@@H]12. The van der Waals surface area contributed by atoms with Gasteiger partial charge in [-0.25, -0.2) is 9.80 Å². The van der Waals surface area contributed by atoms with Crippen LogP contribution in [0.2, 0.25) is 0 Å². The number of alkyl halides is 12. The Morgan fingerprint density at radius 3 is 1.32 bits per heavy atom. The largest absolute Gasteiger partial charge is 0.508 e. The molecule has 6 atom stereocenters. The molecule has 3 aromatic rings. The van der Waals surface area contributed by atoms with Crippen molar-refractivity contribution < 1.29 is 86.4 Å².